The van der Waals surface area contributed by atoms with E-state index in [1.165, 1.54) is 6.07 Å². The van der Waals surface area contributed by atoms with Gasteiger partial charge in [-0.1, -0.05) is 6.07 Å². The summed E-state index contributed by atoms with van der Waals surface area (Å²) in [6.45, 7) is 0.763. The van der Waals surface area contributed by atoms with Crippen LogP contribution in [0.4, 0.5) is 13.6 Å². The maximum Gasteiger partial charge on any atom is 0.314 e. The summed E-state index contributed by atoms with van der Waals surface area (Å²) in [7, 11) is 0. The molecule has 1 heterocycles. The Morgan fingerprint density at radius 2 is 2.00 bits per heavy atom. The van der Waals surface area contributed by atoms with Crippen molar-refractivity contribution in [1.82, 2.24) is 15.6 Å². The average Bonchev–Trinajstić information content (AvgIpc) is 2.54. The quantitative estimate of drug-likeness (QED) is 0.769. The van der Waals surface area contributed by atoms with Gasteiger partial charge in [0.05, 0.1) is 6.54 Å². The van der Waals surface area contributed by atoms with Crippen LogP contribution in [0.15, 0.2) is 42.7 Å². The van der Waals surface area contributed by atoms with Crippen molar-refractivity contribution >= 4 is 6.03 Å². The number of carbonyl (C=O) groups excluding carboxylic acids is 1. The second kappa shape index (κ2) is 8.67. The number of pyridine rings is 1. The van der Waals surface area contributed by atoms with E-state index < -0.39 is 11.6 Å². The summed E-state index contributed by atoms with van der Waals surface area (Å²) < 4.78 is 31.1. The van der Waals surface area contributed by atoms with Crippen molar-refractivity contribution in [3.63, 3.8) is 0 Å². The molecule has 0 saturated heterocycles. The zero-order valence-corrected chi connectivity index (χ0v) is 12.4. The van der Waals surface area contributed by atoms with E-state index in [0.717, 1.165) is 17.7 Å². The van der Waals surface area contributed by atoms with Gasteiger partial charge in [-0.3, -0.25) is 4.98 Å². The lowest BCUT2D eigenvalue weighted by Gasteiger charge is -2.09. The van der Waals surface area contributed by atoms with E-state index in [1.54, 1.807) is 12.4 Å². The number of aromatic nitrogens is 1. The van der Waals surface area contributed by atoms with Crippen molar-refractivity contribution < 1.29 is 18.3 Å². The summed E-state index contributed by atoms with van der Waals surface area (Å²) in [5, 5.41) is 5.27. The number of ether oxygens (including phenoxy) is 1. The number of urea groups is 1. The molecule has 2 N–H and O–H groups in total. The minimum Gasteiger partial charge on any atom is -0.489 e. The fraction of sp³-hybridized carbons (Fsp3) is 0.250. The van der Waals surface area contributed by atoms with Gasteiger partial charge in [-0.2, -0.15) is 0 Å². The predicted molar refractivity (Wildman–Crippen MR) is 81.2 cm³/mol. The zero-order chi connectivity index (χ0) is 16.5. The van der Waals surface area contributed by atoms with E-state index in [2.05, 4.69) is 15.6 Å². The fourth-order valence-electron chi connectivity index (χ4n) is 1.85. The number of carbonyl (C=O) groups is 1. The van der Waals surface area contributed by atoms with Crippen LogP contribution in [-0.4, -0.2) is 30.7 Å². The SMILES string of the molecule is O=C(NCCOc1ccc(F)cc1F)NCCc1cccnc1. The molecule has 0 unspecified atom stereocenters. The Bertz CT molecular complexity index is 638. The summed E-state index contributed by atoms with van der Waals surface area (Å²) in [5.74, 6) is -1.49. The van der Waals surface area contributed by atoms with Gasteiger partial charge in [0.2, 0.25) is 0 Å². The molecule has 1 aromatic carbocycles. The van der Waals surface area contributed by atoms with Gasteiger partial charge in [-0.15, -0.1) is 0 Å². The molecule has 23 heavy (non-hydrogen) atoms. The summed E-state index contributed by atoms with van der Waals surface area (Å²) in [6.07, 6.45) is 4.11. The second-order valence-corrected chi connectivity index (χ2v) is 4.72. The largest absolute Gasteiger partial charge is 0.489 e. The Balaban J connectivity index is 1.59. The molecular weight excluding hydrogens is 304 g/mol. The second-order valence-electron chi connectivity index (χ2n) is 4.72. The number of hydrogen-bond acceptors (Lipinski definition) is 3. The Labute approximate surface area is 132 Å². The van der Waals surface area contributed by atoms with Crippen molar-refractivity contribution in [3.05, 3.63) is 59.9 Å². The third-order valence-electron chi connectivity index (χ3n) is 2.96. The Morgan fingerprint density at radius 1 is 1.17 bits per heavy atom. The zero-order valence-electron chi connectivity index (χ0n) is 12.4. The van der Waals surface area contributed by atoms with Gasteiger partial charge >= 0.3 is 6.03 Å². The highest BCUT2D eigenvalue weighted by Crippen LogP contribution is 2.17. The summed E-state index contributed by atoms with van der Waals surface area (Å²) >= 11 is 0. The van der Waals surface area contributed by atoms with Gasteiger partial charge in [-0.25, -0.2) is 13.6 Å². The molecule has 0 bridgehead atoms. The highest BCUT2D eigenvalue weighted by molar-refractivity contribution is 5.73. The predicted octanol–water partition coefficient (Wildman–Crippen LogP) is 2.28. The maximum atomic E-state index is 13.3. The highest BCUT2D eigenvalue weighted by Gasteiger charge is 2.05. The number of rotatable bonds is 7. The molecule has 0 fully saturated rings. The molecule has 122 valence electrons. The molecule has 2 rings (SSSR count). The summed E-state index contributed by atoms with van der Waals surface area (Å²) in [4.78, 5) is 15.5. The number of benzene rings is 1. The number of hydrogen-bond donors (Lipinski definition) is 2. The number of halogens is 2. The molecular formula is C16H17F2N3O2. The van der Waals surface area contributed by atoms with E-state index in [1.807, 2.05) is 12.1 Å². The van der Waals surface area contributed by atoms with E-state index >= 15 is 0 Å². The van der Waals surface area contributed by atoms with Crippen LogP contribution >= 0.6 is 0 Å². The van der Waals surface area contributed by atoms with Gasteiger partial charge in [-0.05, 0) is 30.2 Å². The smallest absolute Gasteiger partial charge is 0.314 e. The molecule has 2 amide bonds. The molecule has 5 nitrogen and oxygen atoms in total. The van der Waals surface area contributed by atoms with Crippen molar-refractivity contribution in [2.75, 3.05) is 19.7 Å². The molecule has 0 radical (unpaired) electrons. The molecule has 7 heteroatoms. The van der Waals surface area contributed by atoms with Crippen LogP contribution in [-0.2, 0) is 6.42 Å². The third-order valence-corrected chi connectivity index (χ3v) is 2.96. The van der Waals surface area contributed by atoms with Crippen LogP contribution in [0.3, 0.4) is 0 Å². The molecule has 2 aromatic rings. The van der Waals surface area contributed by atoms with Crippen molar-refractivity contribution in [2.24, 2.45) is 0 Å². The lowest BCUT2D eigenvalue weighted by atomic mass is 10.2. The Hall–Kier alpha value is -2.70. The molecule has 0 atom stereocenters. The first kappa shape index (κ1) is 16.7. The van der Waals surface area contributed by atoms with Gasteiger partial charge in [0.1, 0.15) is 12.4 Å². The first-order chi connectivity index (χ1) is 11.1. The van der Waals surface area contributed by atoms with Crippen LogP contribution in [0.1, 0.15) is 5.56 Å². The monoisotopic (exact) mass is 321 g/mol. The normalized spacial score (nSPS) is 10.2. The lowest BCUT2D eigenvalue weighted by molar-refractivity contribution is 0.236. The van der Waals surface area contributed by atoms with Crippen LogP contribution in [0.2, 0.25) is 0 Å². The van der Waals surface area contributed by atoms with E-state index in [0.29, 0.717) is 13.0 Å². The molecule has 0 aliphatic heterocycles. The van der Waals surface area contributed by atoms with Gasteiger partial charge in [0, 0.05) is 25.0 Å². The third kappa shape index (κ3) is 5.90. The van der Waals surface area contributed by atoms with Gasteiger partial charge < -0.3 is 15.4 Å². The summed E-state index contributed by atoms with van der Waals surface area (Å²) in [6, 6.07) is 6.49. The molecule has 0 spiro atoms. The Kier molecular flexibility index (Phi) is 6.28. The van der Waals surface area contributed by atoms with Crippen molar-refractivity contribution in [3.8, 4) is 5.75 Å². The topological polar surface area (TPSA) is 63.2 Å². The lowest BCUT2D eigenvalue weighted by Crippen LogP contribution is -2.38. The number of amides is 2. The fourth-order valence-corrected chi connectivity index (χ4v) is 1.85. The van der Waals surface area contributed by atoms with Gasteiger partial charge in [0.25, 0.3) is 0 Å². The highest BCUT2D eigenvalue weighted by atomic mass is 19.1. The first-order valence-electron chi connectivity index (χ1n) is 7.13. The van der Waals surface area contributed by atoms with E-state index in [4.69, 9.17) is 4.74 Å². The standard InChI is InChI=1S/C16H17F2N3O2/c17-13-3-4-15(14(18)10-13)23-9-8-21-16(22)20-7-5-12-2-1-6-19-11-12/h1-4,6,10-11H,5,7-9H2,(H2,20,21,22). The average molecular weight is 321 g/mol. The van der Waals surface area contributed by atoms with Crippen LogP contribution < -0.4 is 15.4 Å². The van der Waals surface area contributed by atoms with E-state index in [9.17, 15) is 13.6 Å². The first-order valence-corrected chi connectivity index (χ1v) is 7.13. The maximum absolute atomic E-state index is 13.3. The summed E-state index contributed by atoms with van der Waals surface area (Å²) in [5.41, 5.74) is 1.03. The molecule has 0 aliphatic rings. The van der Waals surface area contributed by atoms with E-state index in [-0.39, 0.29) is 24.9 Å². The van der Waals surface area contributed by atoms with Crippen LogP contribution in [0.5, 0.6) is 5.75 Å². The van der Waals surface area contributed by atoms with Gasteiger partial charge in [0.15, 0.2) is 11.6 Å². The minimum atomic E-state index is -0.772. The van der Waals surface area contributed by atoms with Crippen molar-refractivity contribution in [1.29, 1.82) is 0 Å². The Morgan fingerprint density at radius 3 is 2.74 bits per heavy atom. The molecule has 1 aromatic heterocycles. The van der Waals surface area contributed by atoms with Crippen LogP contribution in [0.25, 0.3) is 0 Å². The number of nitrogens with one attached hydrogen (secondary N) is 2. The van der Waals surface area contributed by atoms with Crippen LogP contribution in [0, 0.1) is 11.6 Å². The molecule has 0 saturated carbocycles. The minimum absolute atomic E-state index is 0.0508. The number of nitrogens with zero attached hydrogens (tertiary/aromatic N) is 1. The van der Waals surface area contributed by atoms with Crippen molar-refractivity contribution in [2.45, 2.75) is 6.42 Å². The molecule has 0 aliphatic carbocycles.